The molecule has 11 heteroatoms. The molecule has 0 aliphatic carbocycles. The van der Waals surface area contributed by atoms with Gasteiger partial charge in [-0.15, -0.1) is 27.5 Å². The molecule has 1 amide bonds. The Morgan fingerprint density at radius 1 is 1.31 bits per heavy atom. The number of benzene rings is 1. The molecule has 1 aromatic carbocycles. The highest BCUT2D eigenvalue weighted by Gasteiger charge is 2.13. The van der Waals surface area contributed by atoms with Gasteiger partial charge in [-0.1, -0.05) is 6.07 Å². The normalized spacial score (nSPS) is 12.7. The lowest BCUT2D eigenvalue weighted by atomic mass is 10.3. The first-order valence-corrected chi connectivity index (χ1v) is 13.6. The van der Waals surface area contributed by atoms with E-state index in [1.165, 1.54) is 6.26 Å². The zero-order chi connectivity index (χ0) is 23.0. The average molecular weight is 493 g/mol. The van der Waals surface area contributed by atoms with E-state index in [0.29, 0.717) is 23.0 Å². The van der Waals surface area contributed by atoms with Crippen molar-refractivity contribution in [3.05, 3.63) is 48.0 Å². The molecule has 32 heavy (non-hydrogen) atoms. The summed E-state index contributed by atoms with van der Waals surface area (Å²) in [4.78, 5) is 22.2. The second-order valence-corrected chi connectivity index (χ2v) is 10.8. The summed E-state index contributed by atoms with van der Waals surface area (Å²) >= 11 is 3.19. The number of anilines is 2. The fraction of sp³-hybridized carbons (Fsp3) is 0.286. The van der Waals surface area contributed by atoms with Gasteiger partial charge in [0.2, 0.25) is 5.95 Å². The summed E-state index contributed by atoms with van der Waals surface area (Å²) in [7, 11) is -2.90. The summed E-state index contributed by atoms with van der Waals surface area (Å²) in [6.45, 7) is 1.97. The molecular weight excluding hydrogens is 468 g/mol. The second kappa shape index (κ2) is 11.4. The first-order valence-electron chi connectivity index (χ1n) is 9.83. The summed E-state index contributed by atoms with van der Waals surface area (Å²) in [5, 5.41) is 15.1. The average Bonchev–Trinajstić information content (AvgIpc) is 3.29. The molecule has 0 fully saturated rings. The maximum Gasteiger partial charge on any atom is 0.442 e. The van der Waals surface area contributed by atoms with E-state index >= 15 is 0 Å². The van der Waals surface area contributed by atoms with Crippen molar-refractivity contribution in [2.75, 3.05) is 30.5 Å². The fourth-order valence-electron chi connectivity index (χ4n) is 2.64. The summed E-state index contributed by atoms with van der Waals surface area (Å²) in [5.41, 5.74) is 1.66. The molecular formula is C21H24N4O4S3. The zero-order valence-electron chi connectivity index (χ0n) is 17.7. The molecule has 1 atom stereocenters. The van der Waals surface area contributed by atoms with E-state index < -0.39 is 15.8 Å². The molecule has 3 rings (SSSR count). The number of hydrogen-bond acceptors (Lipinski definition) is 9. The predicted molar refractivity (Wildman–Crippen MR) is 129 cm³/mol. The van der Waals surface area contributed by atoms with Gasteiger partial charge in [0.1, 0.15) is 5.03 Å². The Hall–Kier alpha value is -2.47. The van der Waals surface area contributed by atoms with Crippen LogP contribution in [0.4, 0.5) is 16.4 Å². The third kappa shape index (κ3) is 6.52. The first-order chi connectivity index (χ1) is 15.4. The molecule has 2 N–H and O–H groups in total. The number of aliphatic hydroxyl groups excluding tert-OH is 1. The van der Waals surface area contributed by atoms with Crippen LogP contribution in [0.25, 0.3) is 10.4 Å². The van der Waals surface area contributed by atoms with Gasteiger partial charge in [-0.05, 0) is 49.1 Å². The molecule has 0 aliphatic heterocycles. The molecule has 0 radical (unpaired) electrons. The highest BCUT2D eigenvalue weighted by molar-refractivity contribution is 7.99. The Labute approximate surface area is 195 Å². The number of hydrogen-bond donors (Lipinski definition) is 2. The Balaban J connectivity index is 1.80. The van der Waals surface area contributed by atoms with Crippen LogP contribution in [0, 0.1) is 0 Å². The number of thioether (sulfide) groups is 1. The van der Waals surface area contributed by atoms with Crippen LogP contribution in [0.5, 0.6) is 0 Å². The molecule has 0 saturated heterocycles. The number of ether oxygens (including phenoxy) is 1. The van der Waals surface area contributed by atoms with Crippen molar-refractivity contribution in [1.29, 1.82) is 0 Å². The number of carbonyl (C=O) groups excluding carboxylic acids is 1. The minimum Gasteiger partial charge on any atom is -0.448 e. The van der Waals surface area contributed by atoms with Crippen molar-refractivity contribution >= 4 is 50.6 Å². The smallest absolute Gasteiger partial charge is 0.442 e. The molecule has 2 aromatic heterocycles. The van der Waals surface area contributed by atoms with Gasteiger partial charge >= 0.3 is 6.09 Å². The summed E-state index contributed by atoms with van der Waals surface area (Å²) in [5.74, 6) is 1.17. The predicted octanol–water partition coefficient (Wildman–Crippen LogP) is 5.04. The van der Waals surface area contributed by atoms with Gasteiger partial charge in [0, 0.05) is 45.8 Å². The lowest BCUT2D eigenvalue weighted by Crippen LogP contribution is -2.05. The first kappa shape index (κ1) is 24.2. The monoisotopic (exact) mass is 492 g/mol. The van der Waals surface area contributed by atoms with Gasteiger partial charge in [-0.2, -0.15) is 0 Å². The zero-order valence-corrected chi connectivity index (χ0v) is 20.1. The van der Waals surface area contributed by atoms with Gasteiger partial charge in [0.15, 0.2) is 0 Å². The van der Waals surface area contributed by atoms with Crippen LogP contribution in [0.1, 0.15) is 13.3 Å². The maximum absolute atomic E-state index is 12.7. The molecule has 0 bridgehead atoms. The third-order valence-electron chi connectivity index (χ3n) is 4.15. The maximum atomic E-state index is 12.7. The number of carbonyl (C=O) groups is 1. The van der Waals surface area contributed by atoms with Crippen LogP contribution in [-0.4, -0.2) is 50.6 Å². The number of thiophene rings is 1. The van der Waals surface area contributed by atoms with E-state index in [-0.39, 0.29) is 13.2 Å². The lowest BCUT2D eigenvalue weighted by molar-refractivity contribution is 0.164. The van der Waals surface area contributed by atoms with E-state index in [9.17, 15) is 9.00 Å². The summed E-state index contributed by atoms with van der Waals surface area (Å²) < 4.78 is 21.2. The number of aliphatic hydroxyl groups is 1. The second-order valence-electron chi connectivity index (χ2n) is 6.56. The van der Waals surface area contributed by atoms with E-state index in [4.69, 9.17) is 9.84 Å². The van der Waals surface area contributed by atoms with Crippen LogP contribution in [0.3, 0.4) is 0 Å². The fourth-order valence-corrected chi connectivity index (χ4v) is 5.46. The number of nitrogens with zero attached hydrogens (tertiary/aromatic N) is 3. The van der Waals surface area contributed by atoms with Crippen LogP contribution in [0.15, 0.2) is 62.3 Å². The topological polar surface area (TPSA) is 114 Å². The minimum absolute atomic E-state index is 0.132. The molecule has 170 valence electrons. The molecule has 2 heterocycles. The van der Waals surface area contributed by atoms with E-state index in [0.717, 1.165) is 21.2 Å². The van der Waals surface area contributed by atoms with Crippen LogP contribution < -0.4 is 5.32 Å². The standard InChI is InChI=1S/C21H24N4O4S3/c1-3-29-21(27)25-32(2,28)16-9-7-15(8-10-16)23-20-22-14-17(18-6-4-12-30-18)19(24-20)31-13-5-11-26/h4,6-10,12,14,26H,3,5,11,13H2,1-2H3,(H,22,23,24). The summed E-state index contributed by atoms with van der Waals surface area (Å²) in [6.07, 6.45) is 3.02. The molecule has 8 nitrogen and oxygen atoms in total. The number of rotatable bonds is 9. The van der Waals surface area contributed by atoms with Gasteiger partial charge in [0.25, 0.3) is 0 Å². The quantitative estimate of drug-likeness (QED) is 0.243. The highest BCUT2D eigenvalue weighted by atomic mass is 32.2. The molecule has 1 unspecified atom stereocenters. The van der Waals surface area contributed by atoms with Crippen LogP contribution in [0.2, 0.25) is 0 Å². The Bertz CT molecular complexity index is 1160. The van der Waals surface area contributed by atoms with Crippen LogP contribution >= 0.6 is 23.1 Å². The van der Waals surface area contributed by atoms with Gasteiger partial charge in [-0.3, -0.25) is 0 Å². The Kier molecular flexibility index (Phi) is 8.62. The van der Waals surface area contributed by atoms with Gasteiger partial charge < -0.3 is 15.2 Å². The van der Waals surface area contributed by atoms with E-state index in [1.54, 1.807) is 60.5 Å². The number of aromatic nitrogens is 2. The van der Waals surface area contributed by atoms with Crippen molar-refractivity contribution in [2.45, 2.75) is 23.3 Å². The molecule has 0 spiro atoms. The van der Waals surface area contributed by atoms with E-state index in [1.807, 2.05) is 17.5 Å². The van der Waals surface area contributed by atoms with E-state index in [2.05, 4.69) is 19.6 Å². The Morgan fingerprint density at radius 3 is 2.75 bits per heavy atom. The van der Waals surface area contributed by atoms with Crippen molar-refractivity contribution in [2.24, 2.45) is 4.36 Å². The number of nitrogens with one attached hydrogen (secondary N) is 1. The van der Waals surface area contributed by atoms with Crippen molar-refractivity contribution in [3.63, 3.8) is 0 Å². The van der Waals surface area contributed by atoms with Gasteiger partial charge in [0.05, 0.1) is 16.3 Å². The lowest BCUT2D eigenvalue weighted by Gasteiger charge is -2.11. The van der Waals surface area contributed by atoms with Crippen molar-refractivity contribution in [1.82, 2.24) is 9.97 Å². The van der Waals surface area contributed by atoms with Gasteiger partial charge in [-0.25, -0.2) is 19.0 Å². The van der Waals surface area contributed by atoms with Crippen molar-refractivity contribution in [3.8, 4) is 10.4 Å². The largest absolute Gasteiger partial charge is 0.448 e. The highest BCUT2D eigenvalue weighted by Crippen LogP contribution is 2.33. The SMILES string of the molecule is CCOC(=O)N=S(C)(=O)c1ccc(Nc2ncc(-c3cccs3)c(SCCCO)n2)cc1. The summed E-state index contributed by atoms with van der Waals surface area (Å²) in [6, 6.07) is 10.8. The Morgan fingerprint density at radius 2 is 2.09 bits per heavy atom. The number of amides is 1. The molecule has 0 aliphatic rings. The molecule has 3 aromatic rings. The van der Waals surface area contributed by atoms with Crippen molar-refractivity contribution < 1.29 is 18.8 Å². The third-order valence-corrected chi connectivity index (χ3v) is 7.77. The molecule has 0 saturated carbocycles. The van der Waals surface area contributed by atoms with Crippen LogP contribution in [-0.2, 0) is 14.5 Å². The minimum atomic E-state index is -2.90.